The molecule has 0 bridgehead atoms. The Hall–Kier alpha value is -2.34. The number of hydrogen-bond donors (Lipinski definition) is 4. The fourth-order valence-corrected chi connectivity index (χ4v) is 6.67. The van der Waals surface area contributed by atoms with Crippen LogP contribution < -0.4 is 16.0 Å². The van der Waals surface area contributed by atoms with Crippen molar-refractivity contribution in [2.45, 2.75) is 69.6 Å². The van der Waals surface area contributed by atoms with Gasteiger partial charge in [0.15, 0.2) is 5.78 Å². The average Bonchev–Trinajstić information content (AvgIpc) is 3.14. The van der Waals surface area contributed by atoms with E-state index in [1.54, 1.807) is 13.8 Å². The van der Waals surface area contributed by atoms with E-state index in [4.69, 9.17) is 4.74 Å². The third-order valence-electron chi connectivity index (χ3n) is 7.26. The van der Waals surface area contributed by atoms with Gasteiger partial charge in [-0.3, -0.25) is 14.4 Å². The topological polar surface area (TPSA) is 228 Å². The van der Waals surface area contributed by atoms with Gasteiger partial charge < -0.3 is 30.3 Å². The molecule has 17 heteroatoms. The highest BCUT2D eigenvalue weighted by molar-refractivity contribution is 7.88. The number of aliphatic hydroxyl groups is 1. The second kappa shape index (κ2) is 11.6. The maximum Gasteiger partial charge on any atom is 0.408 e. The number of nitrogens with one attached hydrogen (secondary N) is 3. The Bertz CT molecular complexity index is 1190. The molecule has 2 heterocycles. The van der Waals surface area contributed by atoms with Crippen molar-refractivity contribution in [3.8, 4) is 0 Å². The number of Topliss-reactive ketones (excluding diaryl/α,β-unsaturated/α-hetero) is 1. The van der Waals surface area contributed by atoms with Gasteiger partial charge >= 0.3 is 6.09 Å². The molecule has 3 fully saturated rings. The number of rotatable bonds is 12. The highest BCUT2D eigenvalue weighted by atomic mass is 32.2. The van der Waals surface area contributed by atoms with Crippen LogP contribution in [-0.2, 0) is 39.3 Å². The second-order valence-corrected chi connectivity index (χ2v) is 14.5. The predicted octanol–water partition coefficient (Wildman–Crippen LogP) is -2.00. The van der Waals surface area contributed by atoms with Crippen molar-refractivity contribution >= 4 is 43.8 Å². The lowest BCUT2D eigenvalue weighted by atomic mass is 9.63. The Balaban J connectivity index is 1.62. The van der Waals surface area contributed by atoms with Gasteiger partial charge in [0.2, 0.25) is 27.3 Å². The van der Waals surface area contributed by atoms with Crippen molar-refractivity contribution in [1.82, 2.24) is 20.3 Å². The summed E-state index contributed by atoms with van der Waals surface area (Å²) in [6, 6.07) is -2.90. The molecule has 3 rings (SSSR count). The molecule has 15 nitrogen and oxygen atoms in total. The lowest BCUT2D eigenvalue weighted by Crippen LogP contribution is -2.65. The smallest absolute Gasteiger partial charge is 0.408 e. The van der Waals surface area contributed by atoms with E-state index < -0.39 is 73.4 Å². The molecule has 0 aromatic rings. The first-order valence-corrected chi connectivity index (χ1v) is 15.9. The van der Waals surface area contributed by atoms with Crippen LogP contribution in [0.25, 0.3) is 0 Å². The summed E-state index contributed by atoms with van der Waals surface area (Å²) in [5, 5.41) is 17.0. The van der Waals surface area contributed by atoms with Crippen molar-refractivity contribution in [3.63, 3.8) is 0 Å². The number of hydrogen-bond acceptors (Lipinski definition) is 11. The maximum atomic E-state index is 13.1. The van der Waals surface area contributed by atoms with Crippen LogP contribution in [0, 0.1) is 17.3 Å². The van der Waals surface area contributed by atoms with E-state index >= 15 is 0 Å². The molecule has 1 unspecified atom stereocenters. The van der Waals surface area contributed by atoms with Gasteiger partial charge in [-0.1, -0.05) is 13.8 Å². The largest absolute Gasteiger partial charge is 0.746 e. The third kappa shape index (κ3) is 7.87. The van der Waals surface area contributed by atoms with Crippen molar-refractivity contribution in [2.75, 3.05) is 25.9 Å². The molecule has 1 saturated carbocycles. The highest BCUT2D eigenvalue weighted by Crippen LogP contribution is 2.50. The van der Waals surface area contributed by atoms with Gasteiger partial charge in [-0.25, -0.2) is 25.9 Å². The molecule has 2 aliphatic heterocycles. The lowest BCUT2D eigenvalue weighted by molar-refractivity contribution is -0.133. The van der Waals surface area contributed by atoms with E-state index in [0.717, 1.165) is 6.26 Å². The first-order valence-electron chi connectivity index (χ1n) is 12.6. The van der Waals surface area contributed by atoms with E-state index in [1.165, 1.54) is 4.31 Å². The third-order valence-corrected chi connectivity index (χ3v) is 9.24. The van der Waals surface area contributed by atoms with Gasteiger partial charge in [-0.15, -0.1) is 0 Å². The van der Waals surface area contributed by atoms with E-state index in [0.29, 0.717) is 38.9 Å². The number of aliphatic hydroxyl groups excluding tert-OH is 1. The monoisotopic (exact) mass is 595 g/mol. The number of ketones is 1. The number of carbonyl (C=O) groups excluding carboxylic acids is 4. The fraction of sp³-hybridized carbons (Fsp3) is 0.818. The summed E-state index contributed by atoms with van der Waals surface area (Å²) >= 11 is 0. The van der Waals surface area contributed by atoms with E-state index in [2.05, 4.69) is 16.0 Å². The minimum Gasteiger partial charge on any atom is -0.746 e. The molecule has 39 heavy (non-hydrogen) atoms. The van der Waals surface area contributed by atoms with Gasteiger partial charge in [0.05, 0.1) is 12.3 Å². The van der Waals surface area contributed by atoms with Crippen molar-refractivity contribution in [1.29, 1.82) is 0 Å². The molecule has 1 spiro atoms. The number of ether oxygens (including phenoxy) is 1. The number of amides is 3. The lowest BCUT2D eigenvalue weighted by Gasteiger charge is -2.57. The summed E-state index contributed by atoms with van der Waals surface area (Å²) in [7, 11) is -8.71. The Labute approximate surface area is 227 Å². The molecule has 1 aliphatic carbocycles. The molecule has 3 aliphatic rings. The van der Waals surface area contributed by atoms with Gasteiger partial charge in [0.25, 0.3) is 0 Å². The highest BCUT2D eigenvalue weighted by Gasteiger charge is 2.56. The normalized spacial score (nSPS) is 23.7. The molecular weight excluding hydrogens is 560 g/mol. The molecule has 0 radical (unpaired) electrons. The fourth-order valence-electron chi connectivity index (χ4n) is 5.20. The van der Waals surface area contributed by atoms with Crippen LogP contribution in [0.4, 0.5) is 4.79 Å². The molecular formula is C22H35N4O11S2-. The van der Waals surface area contributed by atoms with Crippen LogP contribution in [0.5, 0.6) is 0 Å². The minimum atomic E-state index is -5.44. The van der Waals surface area contributed by atoms with Crippen LogP contribution in [0.15, 0.2) is 0 Å². The molecule has 4 N–H and O–H groups in total. The zero-order valence-corrected chi connectivity index (χ0v) is 23.5. The average molecular weight is 596 g/mol. The zero-order valence-electron chi connectivity index (χ0n) is 21.9. The summed E-state index contributed by atoms with van der Waals surface area (Å²) in [5.74, 6) is -3.68. The molecule has 4 atom stereocenters. The van der Waals surface area contributed by atoms with E-state index in [9.17, 15) is 45.7 Å². The van der Waals surface area contributed by atoms with Crippen molar-refractivity contribution in [3.05, 3.63) is 0 Å². The van der Waals surface area contributed by atoms with Crippen LogP contribution in [-0.4, -0.2) is 104 Å². The van der Waals surface area contributed by atoms with Gasteiger partial charge in [0, 0.05) is 31.0 Å². The number of carbonyl (C=O) groups is 4. The van der Waals surface area contributed by atoms with Gasteiger partial charge in [0.1, 0.15) is 22.3 Å². The quantitative estimate of drug-likeness (QED) is 0.180. The first-order chi connectivity index (χ1) is 17.9. The van der Waals surface area contributed by atoms with Crippen LogP contribution in [0.3, 0.4) is 0 Å². The minimum absolute atomic E-state index is 0.103. The number of sulfonamides is 1. The van der Waals surface area contributed by atoms with Crippen molar-refractivity contribution < 1.29 is 50.4 Å². The van der Waals surface area contributed by atoms with Crippen LogP contribution in [0.2, 0.25) is 0 Å². The Morgan fingerprint density at radius 3 is 2.26 bits per heavy atom. The molecule has 3 amide bonds. The SMILES string of the molecule is CC(C)C[C@H](NC(=O)OC1CC2(C1)CN(S(C)(=O)=O)C2)C(=O)N[C@@H](C[C@H]1CCNC1=O)C(=O)C(O)S(=O)(=O)[O-]. The zero-order chi connectivity index (χ0) is 29.3. The summed E-state index contributed by atoms with van der Waals surface area (Å²) in [5.41, 5.74) is -3.17. The summed E-state index contributed by atoms with van der Waals surface area (Å²) in [4.78, 5) is 50.3. The van der Waals surface area contributed by atoms with Crippen molar-refractivity contribution in [2.24, 2.45) is 17.3 Å². The Morgan fingerprint density at radius 2 is 1.77 bits per heavy atom. The predicted molar refractivity (Wildman–Crippen MR) is 133 cm³/mol. The maximum absolute atomic E-state index is 13.1. The Morgan fingerprint density at radius 1 is 1.15 bits per heavy atom. The number of alkyl carbamates (subject to hydrolysis) is 1. The molecule has 0 aromatic carbocycles. The number of nitrogens with zero attached hydrogens (tertiary/aromatic N) is 1. The van der Waals surface area contributed by atoms with Gasteiger partial charge in [-0.2, -0.15) is 0 Å². The molecule has 222 valence electrons. The van der Waals surface area contributed by atoms with E-state index in [-0.39, 0.29) is 24.2 Å². The van der Waals surface area contributed by atoms with Crippen LogP contribution >= 0.6 is 0 Å². The van der Waals surface area contributed by atoms with Crippen LogP contribution in [0.1, 0.15) is 46.0 Å². The van der Waals surface area contributed by atoms with E-state index in [1.807, 2.05) is 0 Å². The van der Waals surface area contributed by atoms with Gasteiger partial charge in [-0.05, 0) is 38.0 Å². The summed E-state index contributed by atoms with van der Waals surface area (Å²) in [6.45, 7) is 4.55. The second-order valence-electron chi connectivity index (χ2n) is 11.1. The standard InChI is InChI=1S/C22H36N4O11S2/c1-12(2)6-16(25-21(31)37-14-8-22(9-14)10-26(11-22)38(3,32)33)19(29)24-15(7-13-4-5-23-18(13)28)17(27)20(30)39(34,35)36/h12-16,20,30H,4-11H2,1-3H3,(H,23,28)(H,24,29)(H,25,31)(H,34,35,36)/p-1/t13-,15+,16+,20?/m1/s1. The molecule has 0 aromatic heterocycles. The molecule has 2 saturated heterocycles. The summed E-state index contributed by atoms with van der Waals surface area (Å²) < 4.78 is 63.6. The Kier molecular flexibility index (Phi) is 9.31. The summed E-state index contributed by atoms with van der Waals surface area (Å²) in [6.07, 6.45) is 0.731. The first kappa shape index (κ1) is 31.2.